The van der Waals surface area contributed by atoms with Crippen molar-refractivity contribution < 1.29 is 14.6 Å². The lowest BCUT2D eigenvalue weighted by Crippen LogP contribution is -2.63. The van der Waals surface area contributed by atoms with Gasteiger partial charge in [0.1, 0.15) is 0 Å². The van der Waals surface area contributed by atoms with Gasteiger partial charge in [-0.1, -0.05) is 24.3 Å². The van der Waals surface area contributed by atoms with Crippen molar-refractivity contribution in [3.63, 3.8) is 0 Å². The number of carbonyl (C=O) groups is 1. The van der Waals surface area contributed by atoms with Crippen LogP contribution in [0.5, 0.6) is 0 Å². The van der Waals surface area contributed by atoms with Gasteiger partial charge < -0.3 is 20.1 Å². The Balaban J connectivity index is 1.35. The highest BCUT2D eigenvalue weighted by molar-refractivity contribution is 5.75. The number of amides is 2. The molecule has 1 saturated carbocycles. The molecule has 5 nitrogen and oxygen atoms in total. The number of piperidine rings is 1. The number of aliphatic hydroxyl groups excluding tert-OH is 1. The summed E-state index contributed by atoms with van der Waals surface area (Å²) >= 11 is 0. The normalized spacial score (nSPS) is 30.0. The van der Waals surface area contributed by atoms with E-state index in [1.165, 1.54) is 11.1 Å². The Morgan fingerprint density at radius 2 is 2.12 bits per heavy atom. The Morgan fingerprint density at radius 1 is 1.36 bits per heavy atom. The molecule has 5 heteroatoms. The van der Waals surface area contributed by atoms with E-state index in [2.05, 4.69) is 23.5 Å². The largest absolute Gasteiger partial charge is 0.392 e. The fourth-order valence-electron chi connectivity index (χ4n) is 4.89. The number of benzene rings is 1. The number of rotatable bonds is 3. The minimum absolute atomic E-state index is 0.0262. The summed E-state index contributed by atoms with van der Waals surface area (Å²) in [4.78, 5) is 14.6. The lowest BCUT2D eigenvalue weighted by atomic mass is 9.58. The molecule has 4 rings (SSSR count). The van der Waals surface area contributed by atoms with E-state index in [9.17, 15) is 9.90 Å². The highest BCUT2D eigenvalue weighted by Crippen LogP contribution is 2.51. The van der Waals surface area contributed by atoms with E-state index >= 15 is 0 Å². The van der Waals surface area contributed by atoms with E-state index < -0.39 is 0 Å². The molecule has 3 atom stereocenters. The number of aliphatic hydroxyl groups is 1. The topological polar surface area (TPSA) is 61.8 Å². The Kier molecular flexibility index (Phi) is 4.46. The number of carbonyl (C=O) groups excluding carboxylic acids is 1. The Bertz CT molecular complexity index is 638. The van der Waals surface area contributed by atoms with Crippen LogP contribution in [0.2, 0.25) is 0 Å². The van der Waals surface area contributed by atoms with Gasteiger partial charge >= 0.3 is 6.03 Å². The maximum absolute atomic E-state index is 12.7. The van der Waals surface area contributed by atoms with Gasteiger partial charge in [-0.3, -0.25) is 0 Å². The fraction of sp³-hybridized carbons (Fsp3) is 0.650. The highest BCUT2D eigenvalue weighted by Gasteiger charge is 2.56. The molecule has 0 unspecified atom stereocenters. The van der Waals surface area contributed by atoms with Crippen LogP contribution < -0.4 is 5.32 Å². The molecule has 1 aliphatic heterocycles. The predicted octanol–water partition coefficient (Wildman–Crippen LogP) is 2.64. The third-order valence-corrected chi connectivity index (χ3v) is 6.52. The van der Waals surface area contributed by atoms with Crippen molar-refractivity contribution in [3.05, 3.63) is 35.4 Å². The Hall–Kier alpha value is -1.59. The smallest absolute Gasteiger partial charge is 0.317 e. The van der Waals surface area contributed by atoms with Crippen LogP contribution in [-0.2, 0) is 11.2 Å². The Morgan fingerprint density at radius 3 is 2.84 bits per heavy atom. The van der Waals surface area contributed by atoms with Crippen LogP contribution in [0, 0.1) is 5.41 Å². The monoisotopic (exact) mass is 344 g/mol. The van der Waals surface area contributed by atoms with Crippen molar-refractivity contribution in [2.75, 3.05) is 19.7 Å². The predicted molar refractivity (Wildman–Crippen MR) is 95.3 cm³/mol. The maximum atomic E-state index is 12.7. The van der Waals surface area contributed by atoms with Gasteiger partial charge in [0.15, 0.2) is 0 Å². The molecule has 2 N–H and O–H groups in total. The number of fused-ring (bicyclic) bond motifs is 1. The molecule has 0 radical (unpaired) electrons. The molecule has 1 heterocycles. The minimum atomic E-state index is -0.282. The van der Waals surface area contributed by atoms with E-state index in [-0.39, 0.29) is 29.7 Å². The zero-order chi connectivity index (χ0) is 17.4. The van der Waals surface area contributed by atoms with E-state index in [0.717, 1.165) is 32.1 Å². The summed E-state index contributed by atoms with van der Waals surface area (Å²) < 4.78 is 5.80. The molecular weight excluding hydrogens is 316 g/mol. The lowest BCUT2D eigenvalue weighted by molar-refractivity contribution is -0.207. The number of ether oxygens (including phenoxy) is 1. The molecule has 136 valence electrons. The molecular formula is C20H28N2O3. The average Bonchev–Trinajstić information content (AvgIpc) is 3.05. The molecule has 25 heavy (non-hydrogen) atoms. The zero-order valence-electron chi connectivity index (χ0n) is 14.9. The molecule has 1 aromatic rings. The number of hydrogen-bond donors (Lipinski definition) is 2. The van der Waals surface area contributed by atoms with Crippen LogP contribution >= 0.6 is 0 Å². The van der Waals surface area contributed by atoms with Crippen molar-refractivity contribution in [1.29, 1.82) is 0 Å². The standard InChI is InChI=1S/C20H28N2O3/c1-2-25-18-13-17(23)20(18)9-11-22(12-10-20)19(24)21-16-8-7-14-5-3-4-6-15(14)16/h3-6,16-18,23H,2,7-13H2,1H3,(H,21,24)/t16-,17-,18+/m0/s1. The lowest BCUT2D eigenvalue weighted by Gasteiger charge is -2.56. The number of nitrogens with one attached hydrogen (secondary N) is 1. The highest BCUT2D eigenvalue weighted by atomic mass is 16.5. The van der Waals surface area contributed by atoms with E-state index in [4.69, 9.17) is 4.74 Å². The second-order valence-corrected chi connectivity index (χ2v) is 7.66. The first-order chi connectivity index (χ1) is 12.1. The summed E-state index contributed by atoms with van der Waals surface area (Å²) in [5.74, 6) is 0. The number of likely N-dealkylation sites (tertiary alicyclic amines) is 1. The quantitative estimate of drug-likeness (QED) is 0.886. The molecule has 0 bridgehead atoms. The van der Waals surface area contributed by atoms with E-state index in [0.29, 0.717) is 19.7 Å². The maximum Gasteiger partial charge on any atom is 0.317 e. The molecule has 0 aromatic heterocycles. The van der Waals surface area contributed by atoms with Crippen molar-refractivity contribution >= 4 is 6.03 Å². The molecule has 2 fully saturated rings. The van der Waals surface area contributed by atoms with Gasteiger partial charge in [-0.2, -0.15) is 0 Å². The van der Waals surface area contributed by atoms with Crippen LogP contribution in [0.4, 0.5) is 4.79 Å². The van der Waals surface area contributed by atoms with Crippen LogP contribution in [0.1, 0.15) is 49.8 Å². The van der Waals surface area contributed by atoms with Gasteiger partial charge in [0, 0.05) is 31.5 Å². The summed E-state index contributed by atoms with van der Waals surface area (Å²) in [5, 5.41) is 13.5. The summed E-state index contributed by atoms with van der Waals surface area (Å²) in [5.41, 5.74) is 2.48. The van der Waals surface area contributed by atoms with Gasteiger partial charge in [0.25, 0.3) is 0 Å². The van der Waals surface area contributed by atoms with Crippen LogP contribution in [-0.4, -0.2) is 47.9 Å². The first kappa shape index (κ1) is 16.9. The molecule has 1 saturated heterocycles. The molecule has 2 aliphatic carbocycles. The molecule has 3 aliphatic rings. The summed E-state index contributed by atoms with van der Waals surface area (Å²) in [6, 6.07) is 8.53. The minimum Gasteiger partial charge on any atom is -0.392 e. The SMILES string of the molecule is CCO[C@@H]1C[C@H](O)C12CCN(C(=O)N[C@H]1CCc3ccccc31)CC2. The first-order valence-electron chi connectivity index (χ1n) is 9.57. The van der Waals surface area contributed by atoms with Gasteiger partial charge in [0.05, 0.1) is 18.2 Å². The van der Waals surface area contributed by atoms with Gasteiger partial charge in [-0.15, -0.1) is 0 Å². The van der Waals surface area contributed by atoms with Crippen LogP contribution in [0.25, 0.3) is 0 Å². The summed E-state index contributed by atoms with van der Waals surface area (Å²) in [6.45, 7) is 4.08. The third kappa shape index (κ3) is 2.83. The van der Waals surface area contributed by atoms with E-state index in [1.54, 1.807) is 0 Å². The number of aryl methyl sites for hydroxylation is 1. The second-order valence-electron chi connectivity index (χ2n) is 7.66. The molecule has 1 spiro atoms. The van der Waals surface area contributed by atoms with Crippen molar-refractivity contribution in [2.45, 2.75) is 57.3 Å². The first-order valence-corrected chi connectivity index (χ1v) is 9.57. The van der Waals surface area contributed by atoms with Crippen LogP contribution in [0.3, 0.4) is 0 Å². The third-order valence-electron chi connectivity index (χ3n) is 6.52. The fourth-order valence-corrected chi connectivity index (χ4v) is 4.89. The number of nitrogens with zero attached hydrogens (tertiary/aromatic N) is 1. The Labute approximate surface area is 149 Å². The van der Waals surface area contributed by atoms with Gasteiger partial charge in [-0.25, -0.2) is 4.79 Å². The zero-order valence-corrected chi connectivity index (χ0v) is 14.9. The van der Waals surface area contributed by atoms with E-state index in [1.807, 2.05) is 17.9 Å². The summed E-state index contributed by atoms with van der Waals surface area (Å²) in [6.07, 6.45) is 4.27. The van der Waals surface area contributed by atoms with Crippen LogP contribution in [0.15, 0.2) is 24.3 Å². The average molecular weight is 344 g/mol. The molecule has 2 amide bonds. The van der Waals surface area contributed by atoms with Gasteiger partial charge in [-0.05, 0) is 43.7 Å². The van der Waals surface area contributed by atoms with Crippen molar-refractivity contribution in [2.24, 2.45) is 5.41 Å². The van der Waals surface area contributed by atoms with Crippen molar-refractivity contribution in [3.8, 4) is 0 Å². The number of hydrogen-bond acceptors (Lipinski definition) is 3. The molecule has 1 aromatic carbocycles. The van der Waals surface area contributed by atoms with Gasteiger partial charge in [0.2, 0.25) is 0 Å². The second kappa shape index (κ2) is 6.61. The van der Waals surface area contributed by atoms with Crippen molar-refractivity contribution in [1.82, 2.24) is 10.2 Å². The summed E-state index contributed by atoms with van der Waals surface area (Å²) in [7, 11) is 0. The number of urea groups is 1.